The van der Waals surface area contributed by atoms with Crippen LogP contribution in [0.25, 0.3) is 11.1 Å². The van der Waals surface area contributed by atoms with Crippen LogP contribution >= 0.6 is 15.9 Å². The summed E-state index contributed by atoms with van der Waals surface area (Å²) in [5, 5.41) is 0. The molecule has 0 heterocycles. The molecular weight excluding hydrogens is 299 g/mol. The van der Waals surface area contributed by atoms with Crippen LogP contribution in [0.4, 0.5) is 4.39 Å². The lowest BCUT2D eigenvalue weighted by atomic mass is 10.0. The summed E-state index contributed by atoms with van der Waals surface area (Å²) in [5.41, 5.74) is 0.952. The van der Waals surface area contributed by atoms with Gasteiger partial charge in [0, 0.05) is 22.5 Å². The maximum absolute atomic E-state index is 13.9. The van der Waals surface area contributed by atoms with Gasteiger partial charge in [-0.05, 0) is 18.2 Å². The number of ether oxygens (including phenoxy) is 1. The van der Waals surface area contributed by atoms with Crippen LogP contribution < -0.4 is 4.74 Å². The molecule has 2 nitrogen and oxygen atoms in total. The summed E-state index contributed by atoms with van der Waals surface area (Å²) in [7, 11) is 0. The van der Waals surface area contributed by atoms with E-state index in [1.807, 2.05) is 0 Å². The number of benzene rings is 2. The Balaban J connectivity index is 2.53. The van der Waals surface area contributed by atoms with Crippen LogP contribution in [0.15, 0.2) is 46.9 Å². The van der Waals surface area contributed by atoms with Gasteiger partial charge in [0.15, 0.2) is 0 Å². The molecule has 0 saturated heterocycles. The van der Waals surface area contributed by atoms with Crippen LogP contribution in [0.5, 0.6) is 5.75 Å². The number of hydrogen-bond donors (Lipinski definition) is 0. The van der Waals surface area contributed by atoms with Crippen LogP contribution in [0.2, 0.25) is 0 Å². The third-order valence-corrected chi connectivity index (χ3v) is 2.86. The van der Waals surface area contributed by atoms with E-state index in [9.17, 15) is 9.18 Å². The molecule has 2 rings (SSSR count). The molecule has 0 aromatic heterocycles. The van der Waals surface area contributed by atoms with Gasteiger partial charge in [0.05, 0.1) is 0 Å². The van der Waals surface area contributed by atoms with Gasteiger partial charge in [0.1, 0.15) is 11.6 Å². The van der Waals surface area contributed by atoms with Gasteiger partial charge < -0.3 is 4.74 Å². The first-order valence-corrected chi connectivity index (χ1v) is 6.10. The topological polar surface area (TPSA) is 26.3 Å². The highest BCUT2D eigenvalue weighted by molar-refractivity contribution is 9.10. The van der Waals surface area contributed by atoms with Gasteiger partial charge in [0.25, 0.3) is 0 Å². The highest BCUT2D eigenvalue weighted by atomic mass is 79.9. The van der Waals surface area contributed by atoms with Crippen molar-refractivity contribution in [3.8, 4) is 16.9 Å². The van der Waals surface area contributed by atoms with Crippen molar-refractivity contribution in [2.24, 2.45) is 0 Å². The van der Waals surface area contributed by atoms with Gasteiger partial charge in [-0.1, -0.05) is 40.2 Å². The van der Waals surface area contributed by atoms with Gasteiger partial charge in [0.2, 0.25) is 0 Å². The minimum Gasteiger partial charge on any atom is -0.426 e. The first-order valence-electron chi connectivity index (χ1n) is 5.31. The SMILES string of the molecule is CC(=O)Oc1ccccc1-c1ccc(Br)cc1F. The number of para-hydroxylation sites is 1. The van der Waals surface area contributed by atoms with Crippen molar-refractivity contribution in [1.82, 2.24) is 0 Å². The largest absolute Gasteiger partial charge is 0.426 e. The zero-order valence-electron chi connectivity index (χ0n) is 9.61. The average Bonchev–Trinajstić information content (AvgIpc) is 2.30. The molecule has 2 aromatic rings. The van der Waals surface area contributed by atoms with Gasteiger partial charge in [-0.25, -0.2) is 4.39 Å². The molecule has 0 N–H and O–H groups in total. The lowest BCUT2D eigenvalue weighted by molar-refractivity contribution is -0.131. The number of carbonyl (C=O) groups is 1. The second-order valence-corrected chi connectivity index (χ2v) is 4.63. The molecule has 0 radical (unpaired) electrons. The third-order valence-electron chi connectivity index (χ3n) is 2.36. The first kappa shape index (κ1) is 12.8. The Morgan fingerprint density at radius 3 is 2.56 bits per heavy atom. The molecule has 0 amide bonds. The second kappa shape index (κ2) is 5.31. The van der Waals surface area contributed by atoms with Crippen LogP contribution in [-0.4, -0.2) is 5.97 Å². The predicted octanol–water partition coefficient (Wildman–Crippen LogP) is 4.18. The minimum atomic E-state index is -0.431. The lowest BCUT2D eigenvalue weighted by Crippen LogP contribution is -2.02. The summed E-state index contributed by atoms with van der Waals surface area (Å²) in [5.74, 6) is -0.449. The van der Waals surface area contributed by atoms with Crippen molar-refractivity contribution >= 4 is 21.9 Å². The van der Waals surface area contributed by atoms with Crippen LogP contribution in [0.3, 0.4) is 0 Å². The Bertz CT molecular complexity index is 596. The van der Waals surface area contributed by atoms with Gasteiger partial charge in [-0.3, -0.25) is 4.79 Å². The quantitative estimate of drug-likeness (QED) is 0.614. The van der Waals surface area contributed by atoms with E-state index in [-0.39, 0.29) is 5.82 Å². The second-order valence-electron chi connectivity index (χ2n) is 3.71. The molecular formula is C14H10BrFO2. The molecule has 0 fully saturated rings. The summed E-state index contributed by atoms with van der Waals surface area (Å²) in [6.45, 7) is 1.31. The summed E-state index contributed by atoms with van der Waals surface area (Å²) >= 11 is 3.20. The Labute approximate surface area is 113 Å². The summed E-state index contributed by atoms with van der Waals surface area (Å²) < 4.78 is 19.6. The first-order chi connectivity index (χ1) is 8.58. The van der Waals surface area contributed by atoms with Crippen molar-refractivity contribution in [2.45, 2.75) is 6.92 Å². The number of rotatable bonds is 2. The number of hydrogen-bond acceptors (Lipinski definition) is 2. The molecule has 0 bridgehead atoms. The fourth-order valence-corrected chi connectivity index (χ4v) is 1.97. The van der Waals surface area contributed by atoms with E-state index >= 15 is 0 Å². The smallest absolute Gasteiger partial charge is 0.308 e. The number of halogens is 2. The zero-order chi connectivity index (χ0) is 13.1. The van der Waals surface area contributed by atoms with Crippen molar-refractivity contribution < 1.29 is 13.9 Å². The molecule has 4 heteroatoms. The maximum Gasteiger partial charge on any atom is 0.308 e. The van der Waals surface area contributed by atoms with E-state index in [0.29, 0.717) is 21.3 Å². The molecule has 92 valence electrons. The molecule has 0 atom stereocenters. The van der Waals surface area contributed by atoms with Gasteiger partial charge >= 0.3 is 5.97 Å². The van der Waals surface area contributed by atoms with Crippen molar-refractivity contribution in [3.63, 3.8) is 0 Å². The number of carbonyl (C=O) groups excluding carboxylic acids is 1. The Morgan fingerprint density at radius 2 is 1.89 bits per heavy atom. The van der Waals surface area contributed by atoms with Crippen LogP contribution in [-0.2, 0) is 4.79 Å². The highest BCUT2D eigenvalue weighted by Crippen LogP contribution is 2.32. The van der Waals surface area contributed by atoms with E-state index in [1.54, 1.807) is 36.4 Å². The molecule has 0 saturated carbocycles. The molecule has 0 aliphatic carbocycles. The zero-order valence-corrected chi connectivity index (χ0v) is 11.2. The maximum atomic E-state index is 13.9. The summed E-state index contributed by atoms with van der Waals surface area (Å²) in [6.07, 6.45) is 0. The lowest BCUT2D eigenvalue weighted by Gasteiger charge is -2.09. The van der Waals surface area contributed by atoms with E-state index < -0.39 is 5.97 Å². The normalized spacial score (nSPS) is 10.2. The predicted molar refractivity (Wildman–Crippen MR) is 70.8 cm³/mol. The molecule has 2 aromatic carbocycles. The van der Waals surface area contributed by atoms with E-state index in [2.05, 4.69) is 15.9 Å². The van der Waals surface area contributed by atoms with Crippen LogP contribution in [0, 0.1) is 5.82 Å². The van der Waals surface area contributed by atoms with Gasteiger partial charge in [-0.15, -0.1) is 0 Å². The Hall–Kier alpha value is -1.68. The van der Waals surface area contributed by atoms with E-state index in [4.69, 9.17) is 4.74 Å². The Morgan fingerprint density at radius 1 is 1.17 bits per heavy atom. The van der Waals surface area contributed by atoms with Crippen LogP contribution in [0.1, 0.15) is 6.92 Å². The van der Waals surface area contributed by atoms with E-state index in [0.717, 1.165) is 0 Å². The molecule has 0 aliphatic heterocycles. The monoisotopic (exact) mass is 308 g/mol. The summed E-state index contributed by atoms with van der Waals surface area (Å²) in [4.78, 5) is 11.0. The highest BCUT2D eigenvalue weighted by Gasteiger charge is 2.11. The molecule has 0 spiro atoms. The minimum absolute atomic E-state index is 0.353. The molecule has 18 heavy (non-hydrogen) atoms. The van der Waals surface area contributed by atoms with E-state index in [1.165, 1.54) is 13.0 Å². The van der Waals surface area contributed by atoms with Gasteiger partial charge in [-0.2, -0.15) is 0 Å². The van der Waals surface area contributed by atoms with Crippen molar-refractivity contribution in [1.29, 1.82) is 0 Å². The fraction of sp³-hybridized carbons (Fsp3) is 0.0714. The fourth-order valence-electron chi connectivity index (χ4n) is 1.64. The number of esters is 1. The summed E-state index contributed by atoms with van der Waals surface area (Å²) in [6, 6.07) is 11.6. The van der Waals surface area contributed by atoms with Crippen molar-refractivity contribution in [2.75, 3.05) is 0 Å². The third kappa shape index (κ3) is 2.76. The molecule has 0 unspecified atom stereocenters. The standard InChI is InChI=1S/C14H10BrFO2/c1-9(17)18-14-5-3-2-4-12(14)11-7-6-10(15)8-13(11)16/h2-8H,1H3. The molecule has 0 aliphatic rings. The average molecular weight is 309 g/mol. The Kier molecular flexibility index (Phi) is 3.77. The van der Waals surface area contributed by atoms with Crippen molar-refractivity contribution in [3.05, 3.63) is 52.8 Å².